The van der Waals surface area contributed by atoms with Gasteiger partial charge in [-0.25, -0.2) is 0 Å². The SMILES string of the molecule is CCC(N)(CC)CNC(=O)CCCOc1cccc(Br)c1.Cl. The molecule has 0 saturated carbocycles. The molecule has 0 saturated heterocycles. The van der Waals surface area contributed by atoms with E-state index in [1.807, 2.05) is 38.1 Å². The second-order valence-electron chi connectivity index (χ2n) is 5.26. The fraction of sp³-hybridized carbons (Fsp3) is 0.562. The molecule has 6 heteroatoms. The number of amides is 1. The molecule has 0 aliphatic carbocycles. The molecule has 0 fully saturated rings. The standard InChI is InChI=1S/C16H25BrN2O2.ClH/c1-3-16(18,4-2)12-19-15(20)9-6-10-21-14-8-5-7-13(17)11-14;/h5,7-8,11H,3-4,6,9-10,12,18H2,1-2H3,(H,19,20);1H. The number of benzene rings is 1. The van der Waals surface area contributed by atoms with Crippen LogP contribution in [-0.2, 0) is 4.79 Å². The van der Waals surface area contributed by atoms with Crippen LogP contribution in [-0.4, -0.2) is 24.6 Å². The Morgan fingerprint density at radius 1 is 1.36 bits per heavy atom. The minimum absolute atomic E-state index is 0. The van der Waals surface area contributed by atoms with Gasteiger partial charge >= 0.3 is 0 Å². The van der Waals surface area contributed by atoms with E-state index in [9.17, 15) is 4.79 Å². The Kier molecular flexibility index (Phi) is 10.5. The van der Waals surface area contributed by atoms with E-state index < -0.39 is 0 Å². The predicted octanol–water partition coefficient (Wildman–Crippen LogP) is 3.66. The number of nitrogens with two attached hydrogens (primary N) is 1. The van der Waals surface area contributed by atoms with Gasteiger partial charge in [-0.1, -0.05) is 35.8 Å². The zero-order chi connectivity index (χ0) is 15.7. The second kappa shape index (κ2) is 10.9. The molecule has 0 spiro atoms. The van der Waals surface area contributed by atoms with Gasteiger partial charge in [0.1, 0.15) is 5.75 Å². The Morgan fingerprint density at radius 2 is 2.05 bits per heavy atom. The number of carbonyl (C=O) groups is 1. The molecule has 22 heavy (non-hydrogen) atoms. The summed E-state index contributed by atoms with van der Waals surface area (Å²) in [6, 6.07) is 7.67. The fourth-order valence-electron chi connectivity index (χ4n) is 1.84. The number of hydrogen-bond donors (Lipinski definition) is 2. The highest BCUT2D eigenvalue weighted by Gasteiger charge is 2.20. The molecule has 0 atom stereocenters. The Bertz CT molecular complexity index is 454. The summed E-state index contributed by atoms with van der Waals surface area (Å²) in [6.45, 7) is 5.15. The van der Waals surface area contributed by atoms with E-state index >= 15 is 0 Å². The molecule has 0 radical (unpaired) electrons. The van der Waals surface area contributed by atoms with Crippen molar-refractivity contribution < 1.29 is 9.53 Å². The molecule has 3 N–H and O–H groups in total. The van der Waals surface area contributed by atoms with E-state index in [0.29, 0.717) is 26.0 Å². The molecule has 1 aromatic carbocycles. The first-order valence-corrected chi connectivity index (χ1v) is 8.22. The second-order valence-corrected chi connectivity index (χ2v) is 6.17. The molecule has 0 aliphatic heterocycles. The van der Waals surface area contributed by atoms with Crippen molar-refractivity contribution in [2.45, 2.75) is 45.1 Å². The molecule has 1 amide bonds. The molecule has 0 heterocycles. The van der Waals surface area contributed by atoms with Crippen LogP contribution in [0.25, 0.3) is 0 Å². The maximum absolute atomic E-state index is 11.8. The van der Waals surface area contributed by atoms with Crippen molar-refractivity contribution in [2.24, 2.45) is 5.73 Å². The molecule has 4 nitrogen and oxygen atoms in total. The molecule has 0 unspecified atom stereocenters. The summed E-state index contributed by atoms with van der Waals surface area (Å²) in [5.74, 6) is 0.840. The molecule has 0 aromatic heterocycles. The number of halogens is 2. The highest BCUT2D eigenvalue weighted by atomic mass is 79.9. The summed E-state index contributed by atoms with van der Waals surface area (Å²) in [5, 5.41) is 2.91. The molecule has 0 bridgehead atoms. The molecular weight excluding hydrogens is 368 g/mol. The molecule has 126 valence electrons. The zero-order valence-corrected chi connectivity index (χ0v) is 15.6. The third kappa shape index (κ3) is 8.01. The van der Waals surface area contributed by atoms with Crippen molar-refractivity contribution >= 4 is 34.2 Å². The summed E-state index contributed by atoms with van der Waals surface area (Å²) < 4.78 is 6.57. The van der Waals surface area contributed by atoms with Gasteiger partial charge in [0, 0.05) is 23.0 Å². The van der Waals surface area contributed by atoms with Gasteiger partial charge in [-0.05, 0) is 37.5 Å². The lowest BCUT2D eigenvalue weighted by Gasteiger charge is -2.26. The van der Waals surface area contributed by atoms with E-state index in [1.54, 1.807) is 0 Å². The smallest absolute Gasteiger partial charge is 0.220 e. The van der Waals surface area contributed by atoms with Crippen LogP contribution in [0.2, 0.25) is 0 Å². The first kappa shape index (κ1) is 21.2. The van der Waals surface area contributed by atoms with Crippen molar-refractivity contribution in [3.63, 3.8) is 0 Å². The number of carbonyl (C=O) groups excluding carboxylic acids is 1. The van der Waals surface area contributed by atoms with Crippen LogP contribution in [0.3, 0.4) is 0 Å². The Balaban J connectivity index is 0.00000441. The number of ether oxygens (including phenoxy) is 1. The third-order valence-corrected chi connectivity index (χ3v) is 4.15. The average Bonchev–Trinajstić information content (AvgIpc) is 2.49. The maximum Gasteiger partial charge on any atom is 0.220 e. The monoisotopic (exact) mass is 392 g/mol. The lowest BCUT2D eigenvalue weighted by Crippen LogP contribution is -2.49. The Labute approximate surface area is 147 Å². The van der Waals surface area contributed by atoms with E-state index in [4.69, 9.17) is 10.5 Å². The Morgan fingerprint density at radius 3 is 2.64 bits per heavy atom. The first-order chi connectivity index (χ1) is 9.99. The number of nitrogens with one attached hydrogen (secondary N) is 1. The lowest BCUT2D eigenvalue weighted by atomic mass is 9.94. The van der Waals surface area contributed by atoms with E-state index in [2.05, 4.69) is 21.2 Å². The van der Waals surface area contributed by atoms with Crippen LogP contribution in [0.15, 0.2) is 28.7 Å². The predicted molar refractivity (Wildman–Crippen MR) is 96.6 cm³/mol. The van der Waals surface area contributed by atoms with Gasteiger partial charge in [0.25, 0.3) is 0 Å². The number of rotatable bonds is 9. The molecule has 0 aliphatic rings. The van der Waals surface area contributed by atoms with Crippen LogP contribution >= 0.6 is 28.3 Å². The first-order valence-electron chi connectivity index (χ1n) is 7.43. The summed E-state index contributed by atoms with van der Waals surface area (Å²) >= 11 is 3.39. The van der Waals surface area contributed by atoms with Crippen molar-refractivity contribution in [2.75, 3.05) is 13.2 Å². The van der Waals surface area contributed by atoms with E-state index in [0.717, 1.165) is 23.1 Å². The molecular formula is C16H26BrClN2O2. The summed E-state index contributed by atoms with van der Waals surface area (Å²) in [4.78, 5) is 11.8. The van der Waals surface area contributed by atoms with Crippen molar-refractivity contribution in [3.8, 4) is 5.75 Å². The maximum atomic E-state index is 11.8. The van der Waals surface area contributed by atoms with Crippen molar-refractivity contribution in [1.29, 1.82) is 0 Å². The fourth-order valence-corrected chi connectivity index (χ4v) is 2.22. The van der Waals surface area contributed by atoms with Crippen molar-refractivity contribution in [3.05, 3.63) is 28.7 Å². The normalized spacial score (nSPS) is 10.7. The van der Waals surface area contributed by atoms with Gasteiger partial charge < -0.3 is 15.8 Å². The zero-order valence-electron chi connectivity index (χ0n) is 13.2. The lowest BCUT2D eigenvalue weighted by molar-refractivity contribution is -0.121. The summed E-state index contributed by atoms with van der Waals surface area (Å²) in [7, 11) is 0. The number of hydrogen-bond acceptors (Lipinski definition) is 3. The summed E-state index contributed by atoms with van der Waals surface area (Å²) in [6.07, 6.45) is 2.86. The minimum atomic E-state index is -0.289. The van der Waals surface area contributed by atoms with Gasteiger partial charge in [-0.3, -0.25) is 4.79 Å². The Hall–Kier alpha value is -0.780. The van der Waals surface area contributed by atoms with Gasteiger partial charge in [-0.15, -0.1) is 12.4 Å². The van der Waals surface area contributed by atoms with Crippen LogP contribution in [0.4, 0.5) is 0 Å². The van der Waals surface area contributed by atoms with Gasteiger partial charge in [0.15, 0.2) is 0 Å². The minimum Gasteiger partial charge on any atom is -0.494 e. The quantitative estimate of drug-likeness (QED) is 0.629. The van der Waals surface area contributed by atoms with Crippen molar-refractivity contribution in [1.82, 2.24) is 5.32 Å². The van der Waals surface area contributed by atoms with E-state index in [1.165, 1.54) is 0 Å². The van der Waals surface area contributed by atoms with Crippen LogP contribution in [0.5, 0.6) is 5.75 Å². The average molecular weight is 394 g/mol. The van der Waals surface area contributed by atoms with Crippen LogP contribution < -0.4 is 15.8 Å². The van der Waals surface area contributed by atoms with Gasteiger partial charge in [0.05, 0.1) is 6.61 Å². The summed E-state index contributed by atoms with van der Waals surface area (Å²) in [5.41, 5.74) is 5.86. The van der Waals surface area contributed by atoms with Crippen LogP contribution in [0, 0.1) is 0 Å². The molecule has 1 rings (SSSR count). The highest BCUT2D eigenvalue weighted by molar-refractivity contribution is 9.10. The van der Waals surface area contributed by atoms with Gasteiger partial charge in [-0.2, -0.15) is 0 Å². The highest BCUT2D eigenvalue weighted by Crippen LogP contribution is 2.17. The topological polar surface area (TPSA) is 64.3 Å². The van der Waals surface area contributed by atoms with Crippen LogP contribution in [0.1, 0.15) is 39.5 Å². The van der Waals surface area contributed by atoms with E-state index in [-0.39, 0.29) is 23.9 Å². The third-order valence-electron chi connectivity index (χ3n) is 3.66. The molecule has 1 aromatic rings. The largest absolute Gasteiger partial charge is 0.494 e. The van der Waals surface area contributed by atoms with Gasteiger partial charge in [0.2, 0.25) is 5.91 Å².